The highest BCUT2D eigenvalue weighted by Crippen LogP contribution is 2.17. The smallest absolute Gasteiger partial charge is 0.335 e. The monoisotopic (exact) mass is 328 g/mol. The summed E-state index contributed by atoms with van der Waals surface area (Å²) in [6.45, 7) is 4.85. The zero-order valence-corrected chi connectivity index (χ0v) is 14.0. The zero-order valence-electron chi connectivity index (χ0n) is 13.2. The maximum Gasteiger partial charge on any atom is 0.335 e. The highest BCUT2D eigenvalue weighted by atomic mass is 32.1. The van der Waals surface area contributed by atoms with Crippen LogP contribution in [-0.4, -0.2) is 16.2 Å². The van der Waals surface area contributed by atoms with Crippen LogP contribution in [0.5, 0.6) is 0 Å². The van der Waals surface area contributed by atoms with E-state index in [0.717, 1.165) is 11.3 Å². The third-order valence-corrected chi connectivity index (χ3v) is 3.74. The molecule has 0 saturated carbocycles. The van der Waals surface area contributed by atoms with Crippen LogP contribution in [0.15, 0.2) is 48.5 Å². The van der Waals surface area contributed by atoms with Gasteiger partial charge >= 0.3 is 5.97 Å². The molecule has 0 saturated heterocycles. The van der Waals surface area contributed by atoms with Gasteiger partial charge in [-0.3, -0.25) is 0 Å². The molecular formula is C18H20N2O2S. The number of benzene rings is 2. The third-order valence-electron chi connectivity index (χ3n) is 3.49. The van der Waals surface area contributed by atoms with Crippen molar-refractivity contribution in [1.29, 1.82) is 0 Å². The largest absolute Gasteiger partial charge is 0.478 e. The first-order valence-electron chi connectivity index (χ1n) is 7.43. The molecule has 0 amide bonds. The molecule has 2 aromatic carbocycles. The van der Waals surface area contributed by atoms with E-state index in [1.54, 1.807) is 24.3 Å². The number of carboxylic acid groups (broad SMARTS) is 1. The van der Waals surface area contributed by atoms with E-state index < -0.39 is 5.97 Å². The minimum absolute atomic E-state index is 0.277. The number of carboxylic acids is 1. The van der Waals surface area contributed by atoms with Crippen molar-refractivity contribution < 1.29 is 9.90 Å². The lowest BCUT2D eigenvalue weighted by Crippen LogP contribution is -2.27. The quantitative estimate of drug-likeness (QED) is 0.724. The topological polar surface area (TPSA) is 61.4 Å². The van der Waals surface area contributed by atoms with Crippen molar-refractivity contribution in [2.45, 2.75) is 26.3 Å². The zero-order chi connectivity index (χ0) is 16.8. The number of hydrogen-bond donors (Lipinski definition) is 3. The van der Waals surface area contributed by atoms with Gasteiger partial charge in [0.25, 0.3) is 0 Å². The van der Waals surface area contributed by atoms with Gasteiger partial charge in [-0.05, 0) is 53.5 Å². The lowest BCUT2D eigenvalue weighted by molar-refractivity contribution is 0.0697. The summed E-state index contributed by atoms with van der Waals surface area (Å²) in [6, 6.07) is 14.9. The van der Waals surface area contributed by atoms with E-state index in [-0.39, 0.29) is 5.56 Å². The van der Waals surface area contributed by atoms with Crippen molar-refractivity contribution in [3.05, 3.63) is 65.2 Å². The molecular weight excluding hydrogens is 308 g/mol. The van der Waals surface area contributed by atoms with Gasteiger partial charge in [-0.2, -0.15) is 0 Å². The molecule has 0 spiro atoms. The average molecular weight is 328 g/mol. The van der Waals surface area contributed by atoms with E-state index in [1.807, 2.05) is 12.1 Å². The summed E-state index contributed by atoms with van der Waals surface area (Å²) in [6.07, 6.45) is 0. The fourth-order valence-corrected chi connectivity index (χ4v) is 2.26. The van der Waals surface area contributed by atoms with Gasteiger partial charge in [0, 0.05) is 12.2 Å². The van der Waals surface area contributed by atoms with Gasteiger partial charge in [0.2, 0.25) is 0 Å². The molecule has 0 atom stereocenters. The van der Waals surface area contributed by atoms with Crippen LogP contribution in [0.3, 0.4) is 0 Å². The summed E-state index contributed by atoms with van der Waals surface area (Å²) in [5.41, 5.74) is 3.47. The second kappa shape index (κ2) is 7.74. The molecule has 0 aliphatic heterocycles. The molecule has 0 aliphatic carbocycles. The number of nitrogens with one attached hydrogen (secondary N) is 2. The van der Waals surface area contributed by atoms with Gasteiger partial charge in [-0.1, -0.05) is 38.1 Å². The molecule has 0 radical (unpaired) electrons. The van der Waals surface area contributed by atoms with Crippen molar-refractivity contribution in [3.63, 3.8) is 0 Å². The van der Waals surface area contributed by atoms with Crippen LogP contribution >= 0.6 is 12.2 Å². The minimum atomic E-state index is -0.924. The van der Waals surface area contributed by atoms with Crippen molar-refractivity contribution in [2.75, 3.05) is 5.32 Å². The number of anilines is 1. The fraction of sp³-hybridized carbons (Fsp3) is 0.222. The van der Waals surface area contributed by atoms with Crippen LogP contribution < -0.4 is 10.6 Å². The minimum Gasteiger partial charge on any atom is -0.478 e. The molecule has 0 heterocycles. The first-order chi connectivity index (χ1) is 11.0. The molecule has 0 unspecified atom stereocenters. The second-order valence-electron chi connectivity index (χ2n) is 5.59. The average Bonchev–Trinajstić information content (AvgIpc) is 2.54. The number of hydrogen-bond acceptors (Lipinski definition) is 2. The van der Waals surface area contributed by atoms with Crippen LogP contribution in [0.25, 0.3) is 0 Å². The Kier molecular flexibility index (Phi) is 5.71. The normalized spacial score (nSPS) is 10.4. The number of aromatic carboxylic acids is 1. The van der Waals surface area contributed by atoms with Crippen molar-refractivity contribution >= 4 is 29.0 Å². The summed E-state index contributed by atoms with van der Waals surface area (Å²) in [5.74, 6) is -0.422. The summed E-state index contributed by atoms with van der Waals surface area (Å²) in [4.78, 5) is 10.8. The van der Waals surface area contributed by atoms with Gasteiger partial charge in [0.15, 0.2) is 5.11 Å². The van der Waals surface area contributed by atoms with Crippen molar-refractivity contribution in [3.8, 4) is 0 Å². The maximum atomic E-state index is 10.8. The Bertz CT molecular complexity index is 679. The van der Waals surface area contributed by atoms with E-state index in [1.165, 1.54) is 5.56 Å². The Morgan fingerprint density at radius 2 is 1.70 bits per heavy atom. The van der Waals surface area contributed by atoms with E-state index in [0.29, 0.717) is 17.6 Å². The predicted octanol–water partition coefficient (Wildman–Crippen LogP) is 3.99. The molecule has 3 N–H and O–H groups in total. The molecule has 2 aromatic rings. The fourth-order valence-electron chi connectivity index (χ4n) is 2.07. The maximum absolute atomic E-state index is 10.8. The Morgan fingerprint density at radius 3 is 2.22 bits per heavy atom. The molecule has 23 heavy (non-hydrogen) atoms. The lowest BCUT2D eigenvalue weighted by atomic mass is 10.0. The molecule has 2 rings (SSSR count). The van der Waals surface area contributed by atoms with Gasteiger partial charge in [-0.25, -0.2) is 4.79 Å². The summed E-state index contributed by atoms with van der Waals surface area (Å²) >= 11 is 5.27. The highest BCUT2D eigenvalue weighted by Gasteiger charge is 2.03. The van der Waals surface area contributed by atoms with Gasteiger partial charge in [-0.15, -0.1) is 0 Å². The number of rotatable bonds is 5. The van der Waals surface area contributed by atoms with Crippen LogP contribution in [0.4, 0.5) is 5.69 Å². The van der Waals surface area contributed by atoms with Gasteiger partial charge in [0.1, 0.15) is 0 Å². The highest BCUT2D eigenvalue weighted by molar-refractivity contribution is 7.80. The Labute approximate surface area is 141 Å². The Balaban J connectivity index is 1.86. The SMILES string of the molecule is CC(C)c1ccc(NC(=S)NCc2ccc(C(=O)O)cc2)cc1. The number of thiocarbonyl (C=S) groups is 1. The summed E-state index contributed by atoms with van der Waals surface area (Å²) in [5, 5.41) is 15.6. The Morgan fingerprint density at radius 1 is 1.09 bits per heavy atom. The molecule has 4 nitrogen and oxygen atoms in total. The molecule has 0 bridgehead atoms. The van der Waals surface area contributed by atoms with Crippen molar-refractivity contribution in [1.82, 2.24) is 5.32 Å². The van der Waals surface area contributed by atoms with Crippen LogP contribution in [0.1, 0.15) is 41.3 Å². The second-order valence-corrected chi connectivity index (χ2v) is 5.99. The standard InChI is InChI=1S/C18H20N2O2S/c1-12(2)14-7-9-16(10-8-14)20-18(23)19-11-13-3-5-15(6-4-13)17(21)22/h3-10,12H,11H2,1-2H3,(H,21,22)(H2,19,20,23). The van der Waals surface area contributed by atoms with Gasteiger partial charge in [0.05, 0.1) is 5.56 Å². The summed E-state index contributed by atoms with van der Waals surface area (Å²) < 4.78 is 0. The van der Waals surface area contributed by atoms with Crippen LogP contribution in [0.2, 0.25) is 0 Å². The van der Waals surface area contributed by atoms with Crippen molar-refractivity contribution in [2.24, 2.45) is 0 Å². The molecule has 5 heteroatoms. The Hall–Kier alpha value is -2.40. The lowest BCUT2D eigenvalue weighted by Gasteiger charge is -2.12. The van der Waals surface area contributed by atoms with E-state index >= 15 is 0 Å². The molecule has 0 aromatic heterocycles. The predicted molar refractivity (Wildman–Crippen MR) is 97.0 cm³/mol. The molecule has 0 aliphatic rings. The van der Waals surface area contributed by atoms with Crippen LogP contribution in [0, 0.1) is 0 Å². The third kappa shape index (κ3) is 5.07. The first kappa shape index (κ1) is 17.0. The first-order valence-corrected chi connectivity index (χ1v) is 7.83. The van der Waals surface area contributed by atoms with E-state index in [9.17, 15) is 4.79 Å². The van der Waals surface area contributed by atoms with Gasteiger partial charge < -0.3 is 15.7 Å². The molecule has 0 fully saturated rings. The van der Waals surface area contributed by atoms with E-state index in [2.05, 4.69) is 36.6 Å². The summed E-state index contributed by atoms with van der Waals surface area (Å²) in [7, 11) is 0. The molecule has 120 valence electrons. The van der Waals surface area contributed by atoms with Crippen LogP contribution in [-0.2, 0) is 6.54 Å². The van der Waals surface area contributed by atoms with E-state index in [4.69, 9.17) is 17.3 Å². The number of carbonyl (C=O) groups is 1.